The van der Waals surface area contributed by atoms with E-state index in [1.807, 2.05) is 20.8 Å². The molecule has 1 aromatic carbocycles. The van der Waals surface area contributed by atoms with Gasteiger partial charge in [-0.05, 0) is 45.7 Å². The molecule has 0 bridgehead atoms. The van der Waals surface area contributed by atoms with E-state index in [1.165, 1.54) is 11.1 Å². The van der Waals surface area contributed by atoms with Crippen molar-refractivity contribution in [2.45, 2.75) is 46.8 Å². The lowest BCUT2D eigenvalue weighted by atomic mass is 10.0. The van der Waals surface area contributed by atoms with Gasteiger partial charge in [-0.2, -0.15) is 0 Å². The highest BCUT2D eigenvalue weighted by molar-refractivity contribution is 5.46. The number of hydrogen-bond donors (Lipinski definition) is 1. The second-order valence-corrected chi connectivity index (χ2v) is 4.38. The van der Waals surface area contributed by atoms with Gasteiger partial charge < -0.3 is 10.5 Å². The van der Waals surface area contributed by atoms with Crippen LogP contribution < -0.4 is 10.5 Å². The zero-order chi connectivity index (χ0) is 11.6. The topological polar surface area (TPSA) is 35.2 Å². The molecule has 1 atom stereocenters. The fraction of sp³-hybridized carbons (Fsp3) is 0.538. The first-order valence-electron chi connectivity index (χ1n) is 5.45. The second-order valence-electron chi connectivity index (χ2n) is 4.38. The van der Waals surface area contributed by atoms with Crippen molar-refractivity contribution in [2.24, 2.45) is 5.73 Å². The zero-order valence-corrected chi connectivity index (χ0v) is 10.3. The van der Waals surface area contributed by atoms with E-state index >= 15 is 0 Å². The molecule has 15 heavy (non-hydrogen) atoms. The summed E-state index contributed by atoms with van der Waals surface area (Å²) in [4.78, 5) is 0. The van der Waals surface area contributed by atoms with Crippen LogP contribution in [0.1, 0.15) is 43.5 Å². The van der Waals surface area contributed by atoms with Crippen LogP contribution in [0.4, 0.5) is 0 Å². The molecule has 0 saturated heterocycles. The molecule has 0 aliphatic heterocycles. The second kappa shape index (κ2) is 4.67. The van der Waals surface area contributed by atoms with E-state index in [9.17, 15) is 0 Å². The average molecular weight is 207 g/mol. The molecule has 0 saturated carbocycles. The highest BCUT2D eigenvalue weighted by Gasteiger charge is 2.13. The Morgan fingerprint density at radius 2 is 1.73 bits per heavy atom. The molecule has 0 aliphatic carbocycles. The molecule has 0 fully saturated rings. The van der Waals surface area contributed by atoms with E-state index in [2.05, 4.69) is 26.0 Å². The lowest BCUT2D eigenvalue weighted by Gasteiger charge is -2.20. The number of aryl methyl sites for hydroxylation is 1. The number of ether oxygens (including phenoxy) is 1. The maximum atomic E-state index is 5.93. The van der Waals surface area contributed by atoms with Crippen LogP contribution in [0.3, 0.4) is 0 Å². The summed E-state index contributed by atoms with van der Waals surface area (Å²) in [6, 6.07) is 4.17. The first-order chi connectivity index (χ1) is 6.93. The summed E-state index contributed by atoms with van der Waals surface area (Å²) in [5, 5.41) is 0. The number of hydrogen-bond acceptors (Lipinski definition) is 2. The Bertz CT molecular complexity index is 343. The molecule has 1 aromatic rings. The third kappa shape index (κ3) is 2.72. The number of nitrogens with two attached hydrogens (primary N) is 1. The minimum absolute atomic E-state index is 0.0121. The number of benzene rings is 1. The summed E-state index contributed by atoms with van der Waals surface area (Å²) in [6.45, 7) is 10.2. The van der Waals surface area contributed by atoms with Gasteiger partial charge in [0.2, 0.25) is 0 Å². The quantitative estimate of drug-likeness (QED) is 0.826. The maximum absolute atomic E-state index is 5.93. The first kappa shape index (κ1) is 12.1. The molecule has 2 heteroatoms. The Kier molecular flexibility index (Phi) is 3.75. The van der Waals surface area contributed by atoms with Crippen molar-refractivity contribution in [3.05, 3.63) is 28.8 Å². The zero-order valence-electron chi connectivity index (χ0n) is 10.3. The van der Waals surface area contributed by atoms with Gasteiger partial charge in [0.25, 0.3) is 0 Å². The van der Waals surface area contributed by atoms with Gasteiger partial charge in [0.15, 0.2) is 0 Å². The van der Waals surface area contributed by atoms with E-state index in [4.69, 9.17) is 10.5 Å². The normalized spacial score (nSPS) is 13.0. The molecule has 0 radical (unpaired) electrons. The summed E-state index contributed by atoms with van der Waals surface area (Å²) >= 11 is 0. The summed E-state index contributed by atoms with van der Waals surface area (Å²) in [7, 11) is 0. The van der Waals surface area contributed by atoms with Crippen molar-refractivity contribution in [1.29, 1.82) is 0 Å². The molecule has 1 rings (SSSR count). The highest BCUT2D eigenvalue weighted by atomic mass is 16.5. The number of rotatable bonds is 3. The fourth-order valence-electron chi connectivity index (χ4n) is 1.56. The van der Waals surface area contributed by atoms with Gasteiger partial charge in [-0.15, -0.1) is 0 Å². The smallest absolute Gasteiger partial charge is 0.127 e. The average Bonchev–Trinajstić information content (AvgIpc) is 2.12. The van der Waals surface area contributed by atoms with E-state index in [0.29, 0.717) is 0 Å². The Hall–Kier alpha value is -1.02. The Balaban J connectivity index is 3.22. The van der Waals surface area contributed by atoms with Crippen molar-refractivity contribution in [3.8, 4) is 5.75 Å². The predicted molar refractivity (Wildman–Crippen MR) is 64.3 cm³/mol. The van der Waals surface area contributed by atoms with E-state index in [0.717, 1.165) is 11.3 Å². The van der Waals surface area contributed by atoms with Crippen molar-refractivity contribution >= 4 is 0 Å². The Labute approximate surface area is 92.4 Å². The molecule has 0 amide bonds. The largest absolute Gasteiger partial charge is 0.490 e. The molecule has 1 unspecified atom stereocenters. The van der Waals surface area contributed by atoms with Crippen LogP contribution in [-0.4, -0.2) is 6.10 Å². The monoisotopic (exact) mass is 207 g/mol. The molecule has 2 nitrogen and oxygen atoms in total. The van der Waals surface area contributed by atoms with Crippen LogP contribution in [-0.2, 0) is 0 Å². The highest BCUT2D eigenvalue weighted by Crippen LogP contribution is 2.30. The lowest BCUT2D eigenvalue weighted by molar-refractivity contribution is 0.237. The minimum atomic E-state index is 0.0121. The standard InChI is InChI=1S/C13H21NO/c1-8(2)15-13-10(4)9(3)6-7-12(13)11(5)14/h6-8,11H,14H2,1-5H3. The van der Waals surface area contributed by atoms with Gasteiger partial charge >= 0.3 is 0 Å². The van der Waals surface area contributed by atoms with Crippen molar-refractivity contribution in [1.82, 2.24) is 0 Å². The van der Waals surface area contributed by atoms with Gasteiger partial charge in [-0.3, -0.25) is 0 Å². The fourth-order valence-corrected chi connectivity index (χ4v) is 1.56. The molecule has 84 valence electrons. The van der Waals surface area contributed by atoms with Crippen molar-refractivity contribution in [3.63, 3.8) is 0 Å². The maximum Gasteiger partial charge on any atom is 0.127 e. The van der Waals surface area contributed by atoms with Crippen molar-refractivity contribution < 1.29 is 4.74 Å². The van der Waals surface area contributed by atoms with Crippen LogP contribution >= 0.6 is 0 Å². The Morgan fingerprint density at radius 3 is 2.20 bits per heavy atom. The molecule has 2 N–H and O–H groups in total. The van der Waals surface area contributed by atoms with Gasteiger partial charge in [0, 0.05) is 11.6 Å². The van der Waals surface area contributed by atoms with E-state index in [1.54, 1.807) is 0 Å². The predicted octanol–water partition coefficient (Wildman–Crippen LogP) is 3.11. The van der Waals surface area contributed by atoms with Gasteiger partial charge in [-0.25, -0.2) is 0 Å². The van der Waals surface area contributed by atoms with Crippen LogP contribution in [0, 0.1) is 13.8 Å². The van der Waals surface area contributed by atoms with Gasteiger partial charge in [0.1, 0.15) is 5.75 Å². The third-order valence-corrected chi connectivity index (χ3v) is 2.55. The molecule has 0 aliphatic rings. The lowest BCUT2D eigenvalue weighted by Crippen LogP contribution is -2.13. The summed E-state index contributed by atoms with van der Waals surface area (Å²) in [6.07, 6.45) is 0.183. The molecular formula is C13H21NO. The van der Waals surface area contributed by atoms with Crippen LogP contribution in [0.15, 0.2) is 12.1 Å². The van der Waals surface area contributed by atoms with Gasteiger partial charge in [0.05, 0.1) is 6.10 Å². The third-order valence-electron chi connectivity index (χ3n) is 2.55. The van der Waals surface area contributed by atoms with Crippen molar-refractivity contribution in [2.75, 3.05) is 0 Å². The summed E-state index contributed by atoms with van der Waals surface area (Å²) < 4.78 is 5.84. The molecular weight excluding hydrogens is 186 g/mol. The molecule has 0 spiro atoms. The van der Waals surface area contributed by atoms with Gasteiger partial charge in [-0.1, -0.05) is 12.1 Å². The SMILES string of the molecule is Cc1ccc(C(C)N)c(OC(C)C)c1C. The van der Waals surface area contributed by atoms with Crippen LogP contribution in [0.5, 0.6) is 5.75 Å². The van der Waals surface area contributed by atoms with Crippen LogP contribution in [0.2, 0.25) is 0 Å². The first-order valence-corrected chi connectivity index (χ1v) is 5.45. The molecule has 0 aromatic heterocycles. The van der Waals surface area contributed by atoms with E-state index < -0.39 is 0 Å². The van der Waals surface area contributed by atoms with Crippen LogP contribution in [0.25, 0.3) is 0 Å². The molecule has 0 heterocycles. The summed E-state index contributed by atoms with van der Waals surface area (Å²) in [5.41, 5.74) is 9.46. The van der Waals surface area contributed by atoms with E-state index in [-0.39, 0.29) is 12.1 Å². The minimum Gasteiger partial charge on any atom is -0.490 e. The Morgan fingerprint density at radius 1 is 1.13 bits per heavy atom. The summed E-state index contributed by atoms with van der Waals surface area (Å²) in [5.74, 6) is 0.958.